The predicted molar refractivity (Wildman–Crippen MR) is 87.5 cm³/mol. The average Bonchev–Trinajstić information content (AvgIpc) is 2.77. The van der Waals surface area contributed by atoms with Crippen LogP contribution < -0.4 is 5.32 Å². The molecule has 0 saturated carbocycles. The first-order valence-corrected chi connectivity index (χ1v) is 7.96. The van der Waals surface area contributed by atoms with E-state index in [0.29, 0.717) is 27.2 Å². The zero-order chi connectivity index (χ0) is 14.9. The minimum absolute atomic E-state index is 0.333. The minimum Gasteiger partial charge on any atom is -0.477 e. The fourth-order valence-corrected chi connectivity index (χ4v) is 3.38. The van der Waals surface area contributed by atoms with Crippen LogP contribution in [0.5, 0.6) is 0 Å². The van der Waals surface area contributed by atoms with Crippen LogP contribution in [-0.4, -0.2) is 11.1 Å². The molecular formula is C13H10BrCl2NO2S. The standard InChI is InChI=1S/C13H10BrCl2NO2S/c1-6-7(4-10(20-6)13(18)19)5-17-9-3-2-8(14)11(15)12(9)16/h2-4,17H,5H2,1H3,(H,18,19). The number of thiophene rings is 1. The van der Waals surface area contributed by atoms with E-state index in [1.807, 2.05) is 13.0 Å². The summed E-state index contributed by atoms with van der Waals surface area (Å²) in [5, 5.41) is 13.0. The van der Waals surface area contributed by atoms with Crippen molar-refractivity contribution in [2.45, 2.75) is 13.5 Å². The molecule has 0 radical (unpaired) electrons. The SMILES string of the molecule is Cc1sc(C(=O)O)cc1CNc1ccc(Br)c(Cl)c1Cl. The van der Waals surface area contributed by atoms with E-state index in [1.165, 1.54) is 11.3 Å². The first-order valence-electron chi connectivity index (χ1n) is 5.60. The molecule has 1 aromatic carbocycles. The normalized spacial score (nSPS) is 10.6. The first kappa shape index (κ1) is 15.6. The summed E-state index contributed by atoms with van der Waals surface area (Å²) >= 11 is 16.8. The molecule has 0 fully saturated rings. The van der Waals surface area contributed by atoms with Gasteiger partial charge in [-0.1, -0.05) is 23.2 Å². The van der Waals surface area contributed by atoms with Crippen molar-refractivity contribution in [3.05, 3.63) is 48.0 Å². The monoisotopic (exact) mass is 393 g/mol. The average molecular weight is 395 g/mol. The molecule has 2 N–H and O–H groups in total. The van der Waals surface area contributed by atoms with Crippen LogP contribution in [-0.2, 0) is 6.54 Å². The molecule has 1 heterocycles. The summed E-state index contributed by atoms with van der Waals surface area (Å²) in [7, 11) is 0. The van der Waals surface area contributed by atoms with Gasteiger partial charge in [0.25, 0.3) is 0 Å². The Morgan fingerprint density at radius 2 is 2.10 bits per heavy atom. The van der Waals surface area contributed by atoms with Gasteiger partial charge in [0.2, 0.25) is 0 Å². The zero-order valence-corrected chi connectivity index (χ0v) is 14.3. The summed E-state index contributed by atoms with van der Waals surface area (Å²) in [4.78, 5) is 12.2. The predicted octanol–water partition coefficient (Wildman–Crippen LogP) is 5.44. The maximum Gasteiger partial charge on any atom is 0.345 e. The van der Waals surface area contributed by atoms with Crippen molar-refractivity contribution >= 4 is 62.1 Å². The van der Waals surface area contributed by atoms with Gasteiger partial charge < -0.3 is 10.4 Å². The molecule has 1 aromatic heterocycles. The largest absolute Gasteiger partial charge is 0.477 e. The van der Waals surface area contributed by atoms with Crippen molar-refractivity contribution < 1.29 is 9.90 Å². The third-order valence-electron chi connectivity index (χ3n) is 2.74. The van der Waals surface area contributed by atoms with Gasteiger partial charge in [0, 0.05) is 15.9 Å². The lowest BCUT2D eigenvalue weighted by molar-refractivity contribution is 0.0702. The van der Waals surface area contributed by atoms with Gasteiger partial charge in [0.05, 0.1) is 15.7 Å². The van der Waals surface area contributed by atoms with Crippen molar-refractivity contribution in [1.82, 2.24) is 0 Å². The number of anilines is 1. The maximum absolute atomic E-state index is 10.9. The van der Waals surface area contributed by atoms with Crippen molar-refractivity contribution in [2.75, 3.05) is 5.32 Å². The van der Waals surface area contributed by atoms with Crippen LogP contribution in [0, 0.1) is 6.92 Å². The Labute approximate surface area is 138 Å². The Kier molecular flexibility index (Phi) is 4.96. The molecule has 0 saturated heterocycles. The van der Waals surface area contributed by atoms with Gasteiger partial charge in [0.1, 0.15) is 4.88 Å². The zero-order valence-electron chi connectivity index (χ0n) is 10.3. The molecule has 0 amide bonds. The minimum atomic E-state index is -0.908. The van der Waals surface area contributed by atoms with Crippen molar-refractivity contribution in [1.29, 1.82) is 0 Å². The summed E-state index contributed by atoms with van der Waals surface area (Å²) in [5.41, 5.74) is 1.64. The van der Waals surface area contributed by atoms with Gasteiger partial charge in [-0.25, -0.2) is 4.79 Å². The van der Waals surface area contributed by atoms with Crippen LogP contribution in [0.3, 0.4) is 0 Å². The Morgan fingerprint density at radius 1 is 1.40 bits per heavy atom. The second-order valence-electron chi connectivity index (χ2n) is 4.07. The summed E-state index contributed by atoms with van der Waals surface area (Å²) in [6.07, 6.45) is 0. The Morgan fingerprint density at radius 3 is 2.70 bits per heavy atom. The third kappa shape index (κ3) is 3.28. The number of carboxylic acid groups (broad SMARTS) is 1. The number of carbonyl (C=O) groups is 1. The van der Waals surface area contributed by atoms with E-state index in [1.54, 1.807) is 12.1 Å². The van der Waals surface area contributed by atoms with E-state index < -0.39 is 5.97 Å². The highest BCUT2D eigenvalue weighted by molar-refractivity contribution is 9.10. The summed E-state index contributed by atoms with van der Waals surface area (Å²) in [6.45, 7) is 2.39. The molecule has 0 bridgehead atoms. The van der Waals surface area contributed by atoms with E-state index in [-0.39, 0.29) is 0 Å². The third-order valence-corrected chi connectivity index (χ3v) is 5.59. The molecule has 0 atom stereocenters. The number of rotatable bonds is 4. The molecule has 20 heavy (non-hydrogen) atoms. The molecule has 0 aliphatic rings. The highest BCUT2D eigenvalue weighted by Gasteiger charge is 2.12. The number of halogens is 3. The highest BCUT2D eigenvalue weighted by Crippen LogP contribution is 2.36. The molecule has 0 unspecified atom stereocenters. The lowest BCUT2D eigenvalue weighted by Crippen LogP contribution is -2.00. The summed E-state index contributed by atoms with van der Waals surface area (Å²) in [5.74, 6) is -0.908. The maximum atomic E-state index is 10.9. The Hall–Kier alpha value is -0.750. The van der Waals surface area contributed by atoms with E-state index in [9.17, 15) is 4.79 Å². The van der Waals surface area contributed by atoms with Crippen molar-refractivity contribution in [3.63, 3.8) is 0 Å². The molecule has 106 valence electrons. The van der Waals surface area contributed by atoms with E-state index in [4.69, 9.17) is 28.3 Å². The molecule has 0 aliphatic heterocycles. The van der Waals surface area contributed by atoms with Gasteiger partial charge in [-0.2, -0.15) is 0 Å². The smallest absolute Gasteiger partial charge is 0.345 e. The molecule has 2 rings (SSSR count). The number of aryl methyl sites for hydroxylation is 1. The number of aromatic carboxylic acids is 1. The first-order chi connectivity index (χ1) is 9.40. The van der Waals surface area contributed by atoms with Crippen molar-refractivity contribution in [2.24, 2.45) is 0 Å². The molecule has 7 heteroatoms. The summed E-state index contributed by atoms with van der Waals surface area (Å²) < 4.78 is 0.731. The topological polar surface area (TPSA) is 49.3 Å². The fourth-order valence-electron chi connectivity index (χ4n) is 1.65. The van der Waals surface area contributed by atoms with Crippen LogP contribution in [0.25, 0.3) is 0 Å². The number of hydrogen-bond donors (Lipinski definition) is 2. The Bertz CT molecular complexity index is 673. The molecule has 0 aliphatic carbocycles. The lowest BCUT2D eigenvalue weighted by Gasteiger charge is -2.10. The van der Waals surface area contributed by atoms with Crippen LogP contribution in [0.2, 0.25) is 10.0 Å². The van der Waals surface area contributed by atoms with E-state index in [0.717, 1.165) is 14.9 Å². The van der Waals surface area contributed by atoms with E-state index in [2.05, 4.69) is 21.2 Å². The lowest BCUT2D eigenvalue weighted by atomic mass is 10.2. The highest BCUT2D eigenvalue weighted by atomic mass is 79.9. The van der Waals surface area contributed by atoms with Gasteiger partial charge in [-0.15, -0.1) is 11.3 Å². The Balaban J connectivity index is 2.17. The van der Waals surface area contributed by atoms with E-state index >= 15 is 0 Å². The quantitative estimate of drug-likeness (QED) is 0.679. The molecule has 3 nitrogen and oxygen atoms in total. The number of hydrogen-bond acceptors (Lipinski definition) is 3. The number of benzene rings is 1. The van der Waals surface area contributed by atoms with Crippen LogP contribution in [0.4, 0.5) is 5.69 Å². The van der Waals surface area contributed by atoms with Gasteiger partial charge in [-0.3, -0.25) is 0 Å². The molecular weight excluding hydrogens is 385 g/mol. The second-order valence-corrected chi connectivity index (χ2v) is 6.94. The fraction of sp³-hybridized carbons (Fsp3) is 0.154. The van der Waals surface area contributed by atoms with Crippen molar-refractivity contribution in [3.8, 4) is 0 Å². The van der Waals surface area contributed by atoms with Gasteiger partial charge in [-0.05, 0) is 46.6 Å². The van der Waals surface area contributed by atoms with Crippen LogP contribution >= 0.6 is 50.5 Å². The second kappa shape index (κ2) is 6.35. The van der Waals surface area contributed by atoms with Gasteiger partial charge >= 0.3 is 5.97 Å². The molecule has 0 spiro atoms. The number of nitrogens with one attached hydrogen (secondary N) is 1. The number of carboxylic acids is 1. The molecule has 2 aromatic rings. The van der Waals surface area contributed by atoms with Crippen LogP contribution in [0.1, 0.15) is 20.1 Å². The van der Waals surface area contributed by atoms with Gasteiger partial charge in [0.15, 0.2) is 0 Å². The summed E-state index contributed by atoms with van der Waals surface area (Å²) in [6, 6.07) is 5.29. The van der Waals surface area contributed by atoms with Crippen LogP contribution in [0.15, 0.2) is 22.7 Å².